The van der Waals surface area contributed by atoms with Gasteiger partial charge in [0.15, 0.2) is 0 Å². The standard InChI is InChI=1S/2C39H23N3.C32H20N2.C30H20/c1-2-7-30-24(5-1)11-15-35-31-14-12-27(21-26(31)13-16-34(30)35)33-18-17-32(36-8-4-20-41-39(33)36)29-22-28-10-9-25-6-3-19-40-37(25)38(28)42-23-29;1-2-6-31-24(4-1)9-14-34-32-13-10-27(20-28(32)11-15-33(31)34)30-21-29-17-19-40-23-36(29)35(22-30)37-16-12-26-8-7-25-5-3-18-41-38(25)39(26)42-37;1-2-6-27-21(4-1)9-13-30-28-12-11-26(18-25(28)10-14-29(27)30)32-20-24(15-17-34-32)23-8-7-22-5-3-16-33-31(22)19-23;1-2-9-21(10-3-1)23-12-8-13-24(19-23)29-20-25-18-17-22-11-4-5-14-26(22)30(25)28-16-7-6-15-27(28)29/h2*1-23H;1-20H;1-20H. The number of fused-ring (bicyclic) bond motifs is 29. The summed E-state index contributed by atoms with van der Waals surface area (Å²) in [7, 11) is 0. The average Bonchev–Trinajstić information content (AvgIpc) is 0.722. The second-order valence-corrected chi connectivity index (χ2v) is 38.3. The zero-order valence-corrected chi connectivity index (χ0v) is 80.2. The Labute approximate surface area is 851 Å². The maximum atomic E-state index is 5.18. The molecule has 686 valence electrons. The van der Waals surface area contributed by atoms with Crippen molar-refractivity contribution in [2.24, 2.45) is 0 Å². The molecule has 0 unspecified atom stereocenters. The second-order valence-electron chi connectivity index (χ2n) is 38.3. The van der Waals surface area contributed by atoms with Gasteiger partial charge in [-0.2, -0.15) is 0 Å². The maximum Gasteiger partial charge on any atom is 0.0972 e. The third-order valence-corrected chi connectivity index (χ3v) is 29.9. The van der Waals surface area contributed by atoms with Gasteiger partial charge in [-0.3, -0.25) is 34.9 Å². The largest absolute Gasteiger partial charge is 0.264 e. The smallest absolute Gasteiger partial charge is 0.0972 e. The zero-order chi connectivity index (χ0) is 97.6. The molecule has 0 spiro atoms. The lowest BCUT2D eigenvalue weighted by Gasteiger charge is -2.14. The number of pyridine rings is 8. The molecule has 8 nitrogen and oxygen atoms in total. The highest BCUT2D eigenvalue weighted by Gasteiger charge is 2.21. The van der Waals surface area contributed by atoms with Crippen LogP contribution in [0.2, 0.25) is 0 Å². The third kappa shape index (κ3) is 15.4. The quantitative estimate of drug-likeness (QED) is 0.139. The lowest BCUT2D eigenvalue weighted by molar-refractivity contribution is 1.33. The van der Waals surface area contributed by atoms with Crippen LogP contribution in [0.15, 0.2) is 523 Å². The van der Waals surface area contributed by atoms with Crippen molar-refractivity contribution in [3.63, 3.8) is 0 Å². The average molecular weight is 1880 g/mol. The van der Waals surface area contributed by atoms with Crippen LogP contribution >= 0.6 is 0 Å². The molecule has 8 heterocycles. The van der Waals surface area contributed by atoms with Crippen molar-refractivity contribution in [3.8, 4) is 89.3 Å². The van der Waals surface area contributed by atoms with Crippen molar-refractivity contribution in [1.82, 2.24) is 39.9 Å². The van der Waals surface area contributed by atoms with E-state index in [-0.39, 0.29) is 0 Å². The number of hydrogen-bond acceptors (Lipinski definition) is 8. The first kappa shape index (κ1) is 86.1. The Hall–Kier alpha value is -19.8. The highest BCUT2D eigenvalue weighted by molar-refractivity contribution is 6.25. The van der Waals surface area contributed by atoms with E-state index >= 15 is 0 Å². The highest BCUT2D eigenvalue weighted by atomic mass is 14.8. The van der Waals surface area contributed by atoms with Crippen LogP contribution in [0.25, 0.3) is 295 Å². The normalized spacial score (nSPS) is 11.6. The fraction of sp³-hybridized carbons (Fsp3) is 0. The summed E-state index contributed by atoms with van der Waals surface area (Å²) >= 11 is 0. The van der Waals surface area contributed by atoms with E-state index in [0.717, 1.165) is 138 Å². The summed E-state index contributed by atoms with van der Waals surface area (Å²) in [5, 5.41) is 39.6. The first-order chi connectivity index (χ1) is 73.3. The molecule has 0 aliphatic rings. The van der Waals surface area contributed by atoms with Crippen LogP contribution in [0.5, 0.6) is 0 Å². The van der Waals surface area contributed by atoms with Crippen LogP contribution in [-0.4, -0.2) is 39.9 Å². The molecule has 0 saturated heterocycles. The van der Waals surface area contributed by atoms with Gasteiger partial charge < -0.3 is 0 Å². The van der Waals surface area contributed by atoms with E-state index in [1.165, 1.54) is 157 Å². The van der Waals surface area contributed by atoms with E-state index in [1.54, 1.807) is 0 Å². The number of benzene rings is 23. The molecule has 23 aromatic carbocycles. The predicted molar refractivity (Wildman–Crippen MR) is 624 cm³/mol. The van der Waals surface area contributed by atoms with Crippen molar-refractivity contribution in [2.75, 3.05) is 0 Å². The van der Waals surface area contributed by atoms with Crippen LogP contribution in [0.3, 0.4) is 0 Å². The molecule has 0 aliphatic carbocycles. The van der Waals surface area contributed by atoms with Crippen LogP contribution < -0.4 is 0 Å². The molecule has 8 heteroatoms. The Morgan fingerprint density at radius 2 is 0.541 bits per heavy atom. The summed E-state index contributed by atoms with van der Waals surface area (Å²) in [6, 6.07) is 170. The first-order valence-electron chi connectivity index (χ1n) is 50.2. The second kappa shape index (κ2) is 36.3. The summed E-state index contributed by atoms with van der Waals surface area (Å²) < 4.78 is 0. The van der Waals surface area contributed by atoms with Crippen molar-refractivity contribution < 1.29 is 0 Å². The number of nitrogens with zero attached hydrogens (tertiary/aromatic N) is 8. The van der Waals surface area contributed by atoms with E-state index in [4.69, 9.17) is 19.9 Å². The lowest BCUT2D eigenvalue weighted by Crippen LogP contribution is -1.91. The van der Waals surface area contributed by atoms with Gasteiger partial charge >= 0.3 is 0 Å². The molecule has 0 aliphatic heterocycles. The molecule has 31 rings (SSSR count). The van der Waals surface area contributed by atoms with Crippen LogP contribution in [0.1, 0.15) is 0 Å². The van der Waals surface area contributed by atoms with Crippen LogP contribution in [0, 0.1) is 0 Å². The third-order valence-electron chi connectivity index (χ3n) is 29.9. The number of aromatic nitrogens is 8. The molecule has 31 aromatic rings. The van der Waals surface area contributed by atoms with Crippen molar-refractivity contribution in [2.45, 2.75) is 0 Å². The fourth-order valence-electron chi connectivity index (χ4n) is 22.6. The fourth-order valence-corrected chi connectivity index (χ4v) is 22.6. The van der Waals surface area contributed by atoms with Crippen molar-refractivity contribution >= 4 is 205 Å². The summed E-state index contributed by atoms with van der Waals surface area (Å²) in [5.41, 5.74) is 23.9. The van der Waals surface area contributed by atoms with Gasteiger partial charge in [0, 0.05) is 110 Å². The lowest BCUT2D eigenvalue weighted by atomic mass is 9.90. The molecule has 0 bridgehead atoms. The van der Waals surface area contributed by atoms with Gasteiger partial charge in [0.2, 0.25) is 0 Å². The van der Waals surface area contributed by atoms with Gasteiger partial charge in [0.1, 0.15) is 0 Å². The molecule has 0 amide bonds. The number of rotatable bonds is 8. The summed E-state index contributed by atoms with van der Waals surface area (Å²) in [6.07, 6.45) is 15.0. The Morgan fingerprint density at radius 3 is 1.22 bits per heavy atom. The van der Waals surface area contributed by atoms with Crippen LogP contribution in [0.4, 0.5) is 0 Å². The Morgan fingerprint density at radius 1 is 0.128 bits per heavy atom. The Kier molecular flexibility index (Phi) is 21.1. The van der Waals surface area contributed by atoms with Crippen molar-refractivity contribution in [3.05, 3.63) is 523 Å². The van der Waals surface area contributed by atoms with E-state index in [0.29, 0.717) is 0 Å². The summed E-state index contributed by atoms with van der Waals surface area (Å²) in [5.74, 6) is 0. The van der Waals surface area contributed by atoms with Gasteiger partial charge in [0.25, 0.3) is 0 Å². The monoisotopic (exact) mass is 1880 g/mol. The van der Waals surface area contributed by atoms with E-state index < -0.39 is 0 Å². The minimum absolute atomic E-state index is 0.915. The molecule has 0 radical (unpaired) electrons. The topological polar surface area (TPSA) is 103 Å². The summed E-state index contributed by atoms with van der Waals surface area (Å²) in [6.45, 7) is 0. The van der Waals surface area contributed by atoms with Crippen LogP contribution in [-0.2, 0) is 0 Å². The predicted octanol–water partition coefficient (Wildman–Crippen LogP) is 37.2. The molecule has 148 heavy (non-hydrogen) atoms. The van der Waals surface area contributed by atoms with Gasteiger partial charge in [-0.15, -0.1) is 0 Å². The molecule has 0 fully saturated rings. The van der Waals surface area contributed by atoms with Gasteiger partial charge in [-0.1, -0.05) is 370 Å². The molecular weight excluding hydrogens is 1790 g/mol. The minimum Gasteiger partial charge on any atom is -0.264 e. The molecule has 0 saturated carbocycles. The van der Waals surface area contributed by atoms with Gasteiger partial charge in [-0.05, 0) is 293 Å². The Bertz CT molecular complexity index is 10900. The van der Waals surface area contributed by atoms with Gasteiger partial charge in [-0.25, -0.2) is 4.98 Å². The molecule has 8 aromatic heterocycles. The highest BCUT2D eigenvalue weighted by Crippen LogP contribution is 2.46. The minimum atomic E-state index is 0.915. The molecular formula is C140H86N8. The summed E-state index contributed by atoms with van der Waals surface area (Å²) in [4.78, 5) is 37.8. The maximum absolute atomic E-state index is 5.18. The molecule has 0 N–H and O–H groups in total. The van der Waals surface area contributed by atoms with Gasteiger partial charge in [0.05, 0.1) is 44.5 Å². The first-order valence-corrected chi connectivity index (χ1v) is 50.2. The van der Waals surface area contributed by atoms with E-state index in [9.17, 15) is 0 Å². The SMILES string of the molecule is c1ccc(-c2cccc(-c3cc4ccc5ccccc5c4c4ccccc34)c2)cc1.c1ccc2c(c1)ccc1c3ccc(-c4cc(-c5ccc6ccc7cccnc7c6n5)c5cnccc5c4)cc3ccc21.c1ccc2c(c1)ccc1c3ccc(-c4ccc(-c5cnc6c(ccc7cccnc76)c5)c5cccnc45)cc3ccc21.c1cnc2cc(-c3ccnc(-c4ccc5c(ccc6c7ccccc7ccc56)c4)c3)ccc2c1. The van der Waals surface area contributed by atoms with E-state index in [2.05, 4.69) is 469 Å². The van der Waals surface area contributed by atoms with Crippen molar-refractivity contribution in [1.29, 1.82) is 0 Å². The number of hydrogen-bond donors (Lipinski definition) is 0. The molecule has 0 atom stereocenters. The zero-order valence-electron chi connectivity index (χ0n) is 80.2. The van der Waals surface area contributed by atoms with E-state index in [1.807, 2.05) is 73.8 Å². The Balaban J connectivity index is 0.0000000960.